The van der Waals surface area contributed by atoms with Crippen molar-refractivity contribution in [3.8, 4) is 10.6 Å². The van der Waals surface area contributed by atoms with Crippen LogP contribution in [-0.2, 0) is 0 Å². The van der Waals surface area contributed by atoms with E-state index in [-0.39, 0.29) is 11.7 Å². The van der Waals surface area contributed by atoms with Gasteiger partial charge in [-0.15, -0.1) is 11.3 Å². The predicted molar refractivity (Wildman–Crippen MR) is 77.7 cm³/mol. The molecule has 0 fully saturated rings. The average molecular weight is 294 g/mol. The molecule has 0 radical (unpaired) electrons. The van der Waals surface area contributed by atoms with E-state index < -0.39 is 6.10 Å². The highest BCUT2D eigenvalue weighted by molar-refractivity contribution is 7.13. The molecule has 6 heteroatoms. The number of aromatic nitrogens is 1. The molecule has 0 aliphatic rings. The number of thiophene rings is 1. The molecule has 0 aliphatic heterocycles. The summed E-state index contributed by atoms with van der Waals surface area (Å²) in [4.78, 5) is 15.2. The van der Waals surface area contributed by atoms with E-state index in [1.165, 1.54) is 11.3 Å². The number of hydrogen-bond donors (Lipinski definition) is 1. The van der Waals surface area contributed by atoms with Crippen molar-refractivity contribution in [2.45, 2.75) is 26.9 Å². The molecule has 108 valence electrons. The SMILES string of the molecule is CCN(CC)C(=O)c1c(-c2cccs2)noc1C(C)O. The summed E-state index contributed by atoms with van der Waals surface area (Å²) < 4.78 is 5.20. The summed E-state index contributed by atoms with van der Waals surface area (Å²) >= 11 is 1.48. The number of carbonyl (C=O) groups excluding carboxylic acids is 1. The van der Waals surface area contributed by atoms with E-state index in [4.69, 9.17) is 4.52 Å². The largest absolute Gasteiger partial charge is 0.385 e. The van der Waals surface area contributed by atoms with Crippen molar-refractivity contribution in [3.05, 3.63) is 28.8 Å². The summed E-state index contributed by atoms with van der Waals surface area (Å²) in [5, 5.41) is 15.7. The Hall–Kier alpha value is -1.66. The third kappa shape index (κ3) is 2.62. The van der Waals surface area contributed by atoms with Gasteiger partial charge in [0, 0.05) is 13.1 Å². The second-order valence-corrected chi connectivity index (χ2v) is 5.35. The first-order valence-corrected chi connectivity index (χ1v) is 7.48. The monoisotopic (exact) mass is 294 g/mol. The molecule has 0 saturated heterocycles. The van der Waals surface area contributed by atoms with Crippen LogP contribution in [0.1, 0.15) is 43.0 Å². The van der Waals surface area contributed by atoms with Crippen LogP contribution in [-0.4, -0.2) is 34.2 Å². The lowest BCUT2D eigenvalue weighted by Gasteiger charge is -2.19. The molecule has 0 aliphatic carbocycles. The van der Waals surface area contributed by atoms with Crippen molar-refractivity contribution in [3.63, 3.8) is 0 Å². The zero-order valence-electron chi connectivity index (χ0n) is 11.8. The highest BCUT2D eigenvalue weighted by Crippen LogP contribution is 2.32. The molecule has 2 rings (SSSR count). The van der Waals surface area contributed by atoms with Gasteiger partial charge in [0.25, 0.3) is 5.91 Å². The van der Waals surface area contributed by atoms with Gasteiger partial charge >= 0.3 is 0 Å². The van der Waals surface area contributed by atoms with E-state index in [2.05, 4.69) is 5.16 Å². The van der Waals surface area contributed by atoms with Crippen LogP contribution in [0.15, 0.2) is 22.0 Å². The summed E-state index contributed by atoms with van der Waals surface area (Å²) in [6.07, 6.45) is -0.870. The van der Waals surface area contributed by atoms with Gasteiger partial charge in [-0.25, -0.2) is 0 Å². The molecule has 1 amide bonds. The first kappa shape index (κ1) is 14.7. The maximum Gasteiger partial charge on any atom is 0.259 e. The number of nitrogens with zero attached hydrogens (tertiary/aromatic N) is 2. The number of rotatable bonds is 5. The van der Waals surface area contributed by atoms with Gasteiger partial charge in [-0.3, -0.25) is 4.79 Å². The summed E-state index contributed by atoms with van der Waals surface area (Å²) in [5.41, 5.74) is 0.874. The van der Waals surface area contributed by atoms with Gasteiger partial charge in [-0.1, -0.05) is 11.2 Å². The Labute approximate surface area is 121 Å². The van der Waals surface area contributed by atoms with Crippen molar-refractivity contribution in [1.82, 2.24) is 10.1 Å². The lowest BCUT2D eigenvalue weighted by molar-refractivity contribution is 0.0761. The molecule has 5 nitrogen and oxygen atoms in total. The molecule has 1 atom stereocenters. The highest BCUT2D eigenvalue weighted by Gasteiger charge is 2.29. The van der Waals surface area contributed by atoms with Gasteiger partial charge < -0.3 is 14.5 Å². The van der Waals surface area contributed by atoms with Gasteiger partial charge in [-0.05, 0) is 32.2 Å². The standard InChI is InChI=1S/C14H18N2O3S/c1-4-16(5-2)14(18)11-12(10-7-6-8-20-10)15-19-13(11)9(3)17/h6-9,17H,4-5H2,1-3H3. The van der Waals surface area contributed by atoms with Gasteiger partial charge in [0.05, 0.1) is 4.88 Å². The van der Waals surface area contributed by atoms with Crippen LogP contribution in [0.2, 0.25) is 0 Å². The molecule has 0 saturated carbocycles. The number of carbonyl (C=O) groups is 1. The minimum Gasteiger partial charge on any atom is -0.385 e. The molecule has 20 heavy (non-hydrogen) atoms. The fourth-order valence-corrected chi connectivity index (χ4v) is 2.76. The number of amides is 1. The Morgan fingerprint density at radius 2 is 2.20 bits per heavy atom. The maximum absolute atomic E-state index is 12.6. The molecule has 1 N–H and O–H groups in total. The smallest absolute Gasteiger partial charge is 0.259 e. The van der Waals surface area contributed by atoms with Gasteiger partial charge in [-0.2, -0.15) is 0 Å². The van der Waals surface area contributed by atoms with Crippen LogP contribution in [0.3, 0.4) is 0 Å². The van der Waals surface area contributed by atoms with E-state index in [1.54, 1.807) is 11.8 Å². The van der Waals surface area contributed by atoms with Gasteiger partial charge in [0.15, 0.2) is 5.76 Å². The van der Waals surface area contributed by atoms with Crippen LogP contribution < -0.4 is 0 Å². The minimum atomic E-state index is -0.870. The second kappa shape index (κ2) is 6.19. The van der Waals surface area contributed by atoms with Crippen LogP contribution in [0.25, 0.3) is 10.6 Å². The highest BCUT2D eigenvalue weighted by atomic mass is 32.1. The molecule has 0 bridgehead atoms. The lowest BCUT2D eigenvalue weighted by Crippen LogP contribution is -2.31. The fraction of sp³-hybridized carbons (Fsp3) is 0.429. The molecule has 0 spiro atoms. The summed E-state index contributed by atoms with van der Waals surface area (Å²) in [6.45, 7) is 6.61. The van der Waals surface area contributed by atoms with Gasteiger partial charge in [0.1, 0.15) is 17.4 Å². The minimum absolute atomic E-state index is 0.157. The number of hydrogen-bond acceptors (Lipinski definition) is 5. The van der Waals surface area contributed by atoms with E-state index in [1.807, 2.05) is 31.4 Å². The van der Waals surface area contributed by atoms with Crippen LogP contribution in [0.4, 0.5) is 0 Å². The Morgan fingerprint density at radius 3 is 2.70 bits per heavy atom. The van der Waals surface area contributed by atoms with E-state index in [0.717, 1.165) is 4.88 Å². The first-order chi connectivity index (χ1) is 9.60. The maximum atomic E-state index is 12.6. The number of aliphatic hydroxyl groups excluding tert-OH is 1. The third-order valence-electron chi connectivity index (χ3n) is 3.12. The lowest BCUT2D eigenvalue weighted by atomic mass is 10.1. The molecular formula is C14H18N2O3S. The van der Waals surface area contributed by atoms with Gasteiger partial charge in [0.2, 0.25) is 0 Å². The number of aliphatic hydroxyl groups is 1. The predicted octanol–water partition coefficient (Wildman–Crippen LogP) is 2.94. The zero-order chi connectivity index (χ0) is 14.7. The molecule has 2 aromatic rings. The molecular weight excluding hydrogens is 276 g/mol. The zero-order valence-corrected chi connectivity index (χ0v) is 12.6. The molecule has 1 unspecified atom stereocenters. The fourth-order valence-electron chi connectivity index (χ4n) is 2.05. The van der Waals surface area contributed by atoms with Crippen LogP contribution >= 0.6 is 11.3 Å². The van der Waals surface area contributed by atoms with Crippen molar-refractivity contribution >= 4 is 17.2 Å². The Balaban J connectivity index is 2.53. The van der Waals surface area contributed by atoms with E-state index >= 15 is 0 Å². The summed E-state index contributed by atoms with van der Waals surface area (Å²) in [7, 11) is 0. The van der Waals surface area contributed by atoms with Crippen molar-refractivity contribution in [2.24, 2.45) is 0 Å². The van der Waals surface area contributed by atoms with Crippen molar-refractivity contribution in [2.75, 3.05) is 13.1 Å². The summed E-state index contributed by atoms with van der Waals surface area (Å²) in [6, 6.07) is 3.77. The average Bonchev–Trinajstić information content (AvgIpc) is 3.08. The third-order valence-corrected chi connectivity index (χ3v) is 3.99. The van der Waals surface area contributed by atoms with E-state index in [9.17, 15) is 9.90 Å². The normalized spacial score (nSPS) is 12.4. The van der Waals surface area contributed by atoms with Crippen molar-refractivity contribution < 1.29 is 14.4 Å². The van der Waals surface area contributed by atoms with Crippen LogP contribution in [0, 0.1) is 0 Å². The first-order valence-electron chi connectivity index (χ1n) is 6.60. The van der Waals surface area contributed by atoms with Crippen molar-refractivity contribution in [1.29, 1.82) is 0 Å². The molecule has 0 aromatic carbocycles. The quantitative estimate of drug-likeness (QED) is 0.920. The molecule has 2 aromatic heterocycles. The Bertz CT molecular complexity index is 571. The molecule has 2 heterocycles. The Morgan fingerprint density at radius 1 is 1.50 bits per heavy atom. The topological polar surface area (TPSA) is 66.6 Å². The Kier molecular flexibility index (Phi) is 4.57. The van der Waals surface area contributed by atoms with Crippen LogP contribution in [0.5, 0.6) is 0 Å². The van der Waals surface area contributed by atoms with E-state index in [0.29, 0.717) is 24.3 Å². The second-order valence-electron chi connectivity index (χ2n) is 4.40. The summed E-state index contributed by atoms with van der Waals surface area (Å²) in [5.74, 6) is 0.0702.